The van der Waals surface area contributed by atoms with E-state index in [0.29, 0.717) is 11.5 Å². The highest BCUT2D eigenvalue weighted by molar-refractivity contribution is 5.46. The van der Waals surface area contributed by atoms with E-state index in [1.54, 1.807) is 13.0 Å². The lowest BCUT2D eigenvalue weighted by atomic mass is 9.91. The van der Waals surface area contributed by atoms with E-state index in [0.717, 1.165) is 24.4 Å². The molecule has 114 valence electrons. The highest BCUT2D eigenvalue weighted by Crippen LogP contribution is 2.37. The predicted octanol–water partition coefficient (Wildman–Crippen LogP) is 2.58. The fourth-order valence-electron chi connectivity index (χ4n) is 3.78. The van der Waals surface area contributed by atoms with Gasteiger partial charge in [0.15, 0.2) is 0 Å². The minimum Gasteiger partial charge on any atom is -0.370 e. The van der Waals surface area contributed by atoms with Crippen LogP contribution in [0.1, 0.15) is 31.2 Å². The molecular weight excluding hydrogens is 268 g/mol. The number of hydrogen-bond donors (Lipinski definition) is 1. The molecule has 6 heteroatoms. The minimum absolute atomic E-state index is 0.0814. The second-order valence-corrected chi connectivity index (χ2v) is 6.38. The number of nitrogens with zero attached hydrogens (tertiary/aromatic N) is 3. The topological polar surface area (TPSA) is 71.3 Å². The molecule has 0 aliphatic carbocycles. The van der Waals surface area contributed by atoms with Gasteiger partial charge >= 0.3 is 0 Å². The Balaban J connectivity index is 1.58. The highest BCUT2D eigenvalue weighted by atomic mass is 16.6. The van der Waals surface area contributed by atoms with Gasteiger partial charge in [-0.05, 0) is 51.6 Å². The number of aryl methyl sites for hydroxylation is 1. The van der Waals surface area contributed by atoms with Gasteiger partial charge in [0.25, 0.3) is 5.69 Å². The molecule has 0 aromatic carbocycles. The normalized spacial score (nSPS) is 28.6. The summed E-state index contributed by atoms with van der Waals surface area (Å²) in [6.45, 7) is 2.66. The molecule has 2 unspecified atom stereocenters. The van der Waals surface area contributed by atoms with Gasteiger partial charge in [-0.25, -0.2) is 4.98 Å². The van der Waals surface area contributed by atoms with Crippen molar-refractivity contribution in [1.29, 1.82) is 0 Å². The van der Waals surface area contributed by atoms with Crippen LogP contribution in [0.2, 0.25) is 0 Å². The van der Waals surface area contributed by atoms with Crippen LogP contribution < -0.4 is 5.32 Å². The van der Waals surface area contributed by atoms with Crippen molar-refractivity contribution in [1.82, 2.24) is 9.88 Å². The first kappa shape index (κ1) is 14.3. The maximum absolute atomic E-state index is 10.8. The van der Waals surface area contributed by atoms with Crippen LogP contribution in [0.3, 0.4) is 0 Å². The Morgan fingerprint density at radius 1 is 1.43 bits per heavy atom. The number of nitro groups is 1. The van der Waals surface area contributed by atoms with Gasteiger partial charge in [0.1, 0.15) is 12.0 Å². The van der Waals surface area contributed by atoms with Crippen LogP contribution in [0.25, 0.3) is 0 Å². The van der Waals surface area contributed by atoms with E-state index >= 15 is 0 Å². The van der Waals surface area contributed by atoms with E-state index < -0.39 is 0 Å². The SMILES string of the molecule is Cc1cc(NCC2CC3CCC(C2)N3C)ncc1[N+](=O)[O-]. The molecule has 0 spiro atoms. The number of aromatic nitrogens is 1. The predicted molar refractivity (Wildman–Crippen MR) is 81.4 cm³/mol. The summed E-state index contributed by atoms with van der Waals surface area (Å²) in [5.41, 5.74) is 0.735. The minimum atomic E-state index is -0.388. The number of fused-ring (bicyclic) bond motifs is 2. The van der Waals surface area contributed by atoms with Gasteiger partial charge in [-0.15, -0.1) is 0 Å². The van der Waals surface area contributed by atoms with Crippen molar-refractivity contribution < 1.29 is 4.92 Å². The van der Waals surface area contributed by atoms with Crippen molar-refractivity contribution in [2.75, 3.05) is 18.9 Å². The number of piperidine rings is 1. The third kappa shape index (κ3) is 2.85. The van der Waals surface area contributed by atoms with Gasteiger partial charge in [-0.3, -0.25) is 10.1 Å². The number of nitrogens with one attached hydrogen (secondary N) is 1. The lowest BCUT2D eigenvalue weighted by Gasteiger charge is -2.36. The number of hydrogen-bond acceptors (Lipinski definition) is 5. The van der Waals surface area contributed by atoms with Crippen molar-refractivity contribution >= 4 is 11.5 Å². The Bertz CT molecular complexity index is 534. The van der Waals surface area contributed by atoms with E-state index in [4.69, 9.17) is 0 Å². The van der Waals surface area contributed by atoms with Gasteiger partial charge in [0, 0.05) is 24.2 Å². The molecule has 1 aromatic heterocycles. The third-order valence-corrected chi connectivity index (χ3v) is 5.05. The molecule has 3 rings (SSSR count). The summed E-state index contributed by atoms with van der Waals surface area (Å²) < 4.78 is 0. The Hall–Kier alpha value is -1.69. The molecule has 1 N–H and O–H groups in total. The number of anilines is 1. The van der Waals surface area contributed by atoms with Crippen LogP contribution in [0.4, 0.5) is 11.5 Å². The first-order valence-corrected chi connectivity index (χ1v) is 7.61. The second kappa shape index (κ2) is 5.60. The second-order valence-electron chi connectivity index (χ2n) is 6.38. The summed E-state index contributed by atoms with van der Waals surface area (Å²) in [7, 11) is 2.24. The van der Waals surface area contributed by atoms with Crippen LogP contribution in [0, 0.1) is 23.0 Å². The van der Waals surface area contributed by atoms with Crippen molar-refractivity contribution in [3.63, 3.8) is 0 Å². The molecule has 2 aliphatic rings. The monoisotopic (exact) mass is 290 g/mol. The molecule has 2 aliphatic heterocycles. The van der Waals surface area contributed by atoms with E-state index in [9.17, 15) is 10.1 Å². The van der Waals surface area contributed by atoms with Gasteiger partial charge in [0.2, 0.25) is 0 Å². The maximum atomic E-state index is 10.8. The lowest BCUT2D eigenvalue weighted by molar-refractivity contribution is -0.385. The molecule has 1 aromatic rings. The summed E-state index contributed by atoms with van der Waals surface area (Å²) >= 11 is 0. The van der Waals surface area contributed by atoms with Crippen molar-refractivity contribution in [2.45, 2.75) is 44.7 Å². The zero-order valence-corrected chi connectivity index (χ0v) is 12.6. The fraction of sp³-hybridized carbons (Fsp3) is 0.667. The number of pyridine rings is 1. The summed E-state index contributed by atoms with van der Waals surface area (Å²) in [6, 6.07) is 3.24. The Morgan fingerprint density at radius 3 is 2.67 bits per heavy atom. The van der Waals surface area contributed by atoms with Gasteiger partial charge in [-0.1, -0.05) is 0 Å². The smallest absolute Gasteiger partial charge is 0.290 e. The summed E-state index contributed by atoms with van der Waals surface area (Å²) in [6.07, 6.45) is 6.48. The van der Waals surface area contributed by atoms with Crippen LogP contribution in [0.5, 0.6) is 0 Å². The van der Waals surface area contributed by atoms with E-state index in [-0.39, 0.29) is 10.6 Å². The molecule has 2 bridgehead atoms. The van der Waals surface area contributed by atoms with E-state index in [1.807, 2.05) is 0 Å². The average Bonchev–Trinajstić information content (AvgIpc) is 2.67. The Labute approximate surface area is 124 Å². The first-order chi connectivity index (χ1) is 10.0. The van der Waals surface area contributed by atoms with E-state index in [2.05, 4.69) is 22.2 Å². The first-order valence-electron chi connectivity index (χ1n) is 7.61. The van der Waals surface area contributed by atoms with Crippen LogP contribution >= 0.6 is 0 Å². The molecule has 21 heavy (non-hydrogen) atoms. The highest BCUT2D eigenvalue weighted by Gasteiger charge is 2.38. The largest absolute Gasteiger partial charge is 0.370 e. The van der Waals surface area contributed by atoms with Crippen LogP contribution in [0.15, 0.2) is 12.3 Å². The molecule has 2 atom stereocenters. The zero-order chi connectivity index (χ0) is 15.0. The zero-order valence-electron chi connectivity index (χ0n) is 12.6. The van der Waals surface area contributed by atoms with Crippen molar-refractivity contribution in [3.8, 4) is 0 Å². The number of rotatable bonds is 4. The molecule has 2 saturated heterocycles. The fourth-order valence-corrected chi connectivity index (χ4v) is 3.78. The van der Waals surface area contributed by atoms with Crippen molar-refractivity contribution in [2.24, 2.45) is 5.92 Å². The Morgan fingerprint density at radius 2 is 2.10 bits per heavy atom. The third-order valence-electron chi connectivity index (χ3n) is 5.05. The summed E-state index contributed by atoms with van der Waals surface area (Å²) in [5.74, 6) is 1.42. The van der Waals surface area contributed by atoms with Crippen LogP contribution in [-0.2, 0) is 0 Å². The standard InChI is InChI=1S/C15H22N4O2/c1-10-5-15(17-9-14(10)19(20)21)16-8-11-6-12-3-4-13(7-11)18(12)2/h5,9,11-13H,3-4,6-8H2,1-2H3,(H,16,17). The van der Waals surface area contributed by atoms with E-state index in [1.165, 1.54) is 31.9 Å². The molecule has 2 fully saturated rings. The lowest BCUT2D eigenvalue weighted by Crippen LogP contribution is -2.41. The molecule has 3 heterocycles. The molecule has 6 nitrogen and oxygen atoms in total. The van der Waals surface area contributed by atoms with Crippen LogP contribution in [-0.4, -0.2) is 40.5 Å². The van der Waals surface area contributed by atoms with Gasteiger partial charge in [0.05, 0.1) is 4.92 Å². The molecular formula is C15H22N4O2. The summed E-state index contributed by atoms with van der Waals surface area (Å²) in [4.78, 5) is 17.1. The maximum Gasteiger partial charge on any atom is 0.290 e. The quantitative estimate of drug-likeness (QED) is 0.681. The van der Waals surface area contributed by atoms with Crippen molar-refractivity contribution in [3.05, 3.63) is 27.9 Å². The molecule has 0 amide bonds. The van der Waals surface area contributed by atoms with Gasteiger partial charge in [-0.2, -0.15) is 0 Å². The molecule has 0 radical (unpaired) electrons. The summed E-state index contributed by atoms with van der Waals surface area (Å²) in [5, 5.41) is 14.1. The Kier molecular flexibility index (Phi) is 3.80. The van der Waals surface area contributed by atoms with Gasteiger partial charge < -0.3 is 10.2 Å². The molecule has 0 saturated carbocycles. The average molecular weight is 290 g/mol.